The van der Waals surface area contributed by atoms with Crippen molar-refractivity contribution in [1.29, 1.82) is 0 Å². The minimum Gasteiger partial charge on any atom is -0.310 e. The van der Waals surface area contributed by atoms with E-state index in [0.29, 0.717) is 0 Å². The maximum Gasteiger partial charge on any atom is 0.0547 e. The van der Waals surface area contributed by atoms with Gasteiger partial charge in [0.15, 0.2) is 0 Å². The lowest BCUT2D eigenvalue weighted by Gasteiger charge is -2.28. The van der Waals surface area contributed by atoms with Crippen LogP contribution in [0.4, 0.5) is 17.1 Å². The largest absolute Gasteiger partial charge is 0.310 e. The molecule has 0 bridgehead atoms. The number of benzene rings is 10. The minimum absolute atomic E-state index is 0.225. The van der Waals surface area contributed by atoms with Crippen molar-refractivity contribution in [1.82, 2.24) is 4.57 Å². The molecule has 278 valence electrons. The van der Waals surface area contributed by atoms with Gasteiger partial charge in [0.05, 0.1) is 11.0 Å². The molecule has 10 aromatic carbocycles. The van der Waals surface area contributed by atoms with Crippen molar-refractivity contribution in [3.63, 3.8) is 0 Å². The number of nitrogens with zero attached hydrogens (tertiary/aromatic N) is 2. The van der Waals surface area contributed by atoms with Gasteiger partial charge in [0.1, 0.15) is 0 Å². The molecule has 0 radical (unpaired) electrons. The number of hydrogen-bond acceptors (Lipinski definition) is 1. The second-order valence-corrected chi connectivity index (χ2v) is 16.6. The molecule has 1 aliphatic carbocycles. The molecule has 11 aromatic rings. The molecule has 1 aromatic heterocycles. The van der Waals surface area contributed by atoms with Gasteiger partial charge in [-0.05, 0) is 132 Å². The van der Waals surface area contributed by atoms with Crippen LogP contribution in [0, 0.1) is 0 Å². The average molecular weight is 753 g/mol. The lowest BCUT2D eigenvalue weighted by atomic mass is 9.82. The first kappa shape index (κ1) is 33.7. The van der Waals surface area contributed by atoms with E-state index in [2.05, 4.69) is 230 Å². The lowest BCUT2D eigenvalue weighted by Crippen LogP contribution is -2.17. The number of para-hydroxylation sites is 1. The lowest BCUT2D eigenvalue weighted by molar-refractivity contribution is 0.660. The number of fused-ring (bicyclic) bond motifs is 11. The van der Waals surface area contributed by atoms with E-state index in [1.807, 2.05) is 0 Å². The van der Waals surface area contributed by atoms with Crippen molar-refractivity contribution in [3.8, 4) is 27.9 Å². The molecule has 12 rings (SSSR count). The predicted molar refractivity (Wildman–Crippen MR) is 251 cm³/mol. The Morgan fingerprint density at radius 2 is 0.881 bits per heavy atom. The Morgan fingerprint density at radius 3 is 1.56 bits per heavy atom. The van der Waals surface area contributed by atoms with Gasteiger partial charge in [0.25, 0.3) is 0 Å². The normalized spacial score (nSPS) is 13.1. The zero-order valence-electron chi connectivity index (χ0n) is 33.0. The summed E-state index contributed by atoms with van der Waals surface area (Å²) in [7, 11) is 0. The summed E-state index contributed by atoms with van der Waals surface area (Å²) >= 11 is 0. The van der Waals surface area contributed by atoms with Crippen LogP contribution >= 0.6 is 0 Å². The topological polar surface area (TPSA) is 8.17 Å². The fourth-order valence-electron chi connectivity index (χ4n) is 10.0. The molecule has 1 heterocycles. The van der Waals surface area contributed by atoms with Gasteiger partial charge < -0.3 is 9.47 Å². The Balaban J connectivity index is 0.975. The minimum atomic E-state index is -0.225. The molecule has 0 atom stereocenters. The number of aromatic nitrogens is 1. The monoisotopic (exact) mass is 752 g/mol. The zero-order chi connectivity index (χ0) is 39.2. The molecule has 1 aliphatic rings. The highest BCUT2D eigenvalue weighted by Gasteiger charge is 2.36. The van der Waals surface area contributed by atoms with Gasteiger partial charge in [-0.3, -0.25) is 0 Å². The average Bonchev–Trinajstić information content (AvgIpc) is 3.75. The van der Waals surface area contributed by atoms with Crippen molar-refractivity contribution in [2.45, 2.75) is 19.3 Å². The van der Waals surface area contributed by atoms with E-state index >= 15 is 0 Å². The van der Waals surface area contributed by atoms with Gasteiger partial charge in [-0.25, -0.2) is 0 Å². The summed E-state index contributed by atoms with van der Waals surface area (Å²) in [6.45, 7) is 4.78. The van der Waals surface area contributed by atoms with E-state index < -0.39 is 0 Å². The van der Waals surface area contributed by atoms with Gasteiger partial charge in [-0.2, -0.15) is 0 Å². The van der Waals surface area contributed by atoms with Crippen LogP contribution in [0.15, 0.2) is 206 Å². The molecule has 0 N–H and O–H groups in total. The molecular formula is C57H40N2. The summed E-state index contributed by atoms with van der Waals surface area (Å²) in [4.78, 5) is 2.39. The van der Waals surface area contributed by atoms with Crippen molar-refractivity contribution in [3.05, 3.63) is 217 Å². The smallest absolute Gasteiger partial charge is 0.0547 e. The van der Waals surface area contributed by atoms with E-state index in [-0.39, 0.29) is 5.41 Å². The summed E-state index contributed by atoms with van der Waals surface area (Å²) in [6, 6.07) is 76.1. The van der Waals surface area contributed by atoms with E-state index in [1.54, 1.807) is 0 Å². The van der Waals surface area contributed by atoms with Crippen LogP contribution in [0.1, 0.15) is 25.0 Å². The molecule has 2 nitrogen and oxygen atoms in total. The van der Waals surface area contributed by atoms with Gasteiger partial charge in [0, 0.05) is 38.9 Å². The van der Waals surface area contributed by atoms with Gasteiger partial charge in [-0.15, -0.1) is 0 Å². The standard InChI is InChI=1S/C57H40N2/c1-57(2)51-35-45(58(43-16-4-3-5-17-43)44-26-22-38(23-27-44)42-21-20-37-12-6-7-15-41(37)34-42)28-30-49(51)50-31-29-46(36-52(50)57)59-53-32-24-39-13-8-10-18-47(39)55(53)56-48-19-11-9-14-40(48)25-33-54(56)59/h3-36H,1-2H3. The number of anilines is 3. The second kappa shape index (κ2) is 12.8. The highest BCUT2D eigenvalue weighted by molar-refractivity contribution is 6.28. The van der Waals surface area contributed by atoms with Crippen LogP contribution in [0.25, 0.3) is 82.1 Å². The van der Waals surface area contributed by atoms with Gasteiger partial charge >= 0.3 is 0 Å². The molecule has 0 saturated carbocycles. The summed E-state index contributed by atoms with van der Waals surface area (Å²) in [5, 5.41) is 10.2. The third-order valence-corrected chi connectivity index (χ3v) is 12.9. The fourth-order valence-corrected chi connectivity index (χ4v) is 10.0. The Labute approximate surface area is 343 Å². The summed E-state index contributed by atoms with van der Waals surface area (Å²) in [5.41, 5.74) is 14.6. The molecule has 0 spiro atoms. The first-order valence-electron chi connectivity index (χ1n) is 20.6. The van der Waals surface area contributed by atoms with Crippen molar-refractivity contribution >= 4 is 71.2 Å². The molecule has 0 fully saturated rings. The van der Waals surface area contributed by atoms with Crippen LogP contribution in [0.3, 0.4) is 0 Å². The summed E-state index contributed by atoms with van der Waals surface area (Å²) < 4.78 is 2.49. The number of rotatable bonds is 5. The van der Waals surface area contributed by atoms with Crippen molar-refractivity contribution in [2.24, 2.45) is 0 Å². The van der Waals surface area contributed by atoms with E-state index in [1.165, 1.54) is 93.2 Å². The van der Waals surface area contributed by atoms with Crippen LogP contribution in [0.5, 0.6) is 0 Å². The van der Waals surface area contributed by atoms with Gasteiger partial charge in [0.2, 0.25) is 0 Å². The molecule has 2 heteroatoms. The summed E-state index contributed by atoms with van der Waals surface area (Å²) in [5.74, 6) is 0. The Morgan fingerprint density at radius 1 is 0.373 bits per heavy atom. The van der Waals surface area contributed by atoms with Gasteiger partial charge in [-0.1, -0.05) is 153 Å². The predicted octanol–water partition coefficient (Wildman–Crippen LogP) is 15.7. The molecule has 0 aliphatic heterocycles. The Bertz CT molecular complexity index is 3370. The Kier molecular flexibility index (Phi) is 7.31. The van der Waals surface area contributed by atoms with E-state index in [9.17, 15) is 0 Å². The SMILES string of the molecule is CC1(C)c2cc(N(c3ccccc3)c3ccc(-c4ccc5ccccc5c4)cc3)ccc2-c2ccc(-n3c4ccc5ccccc5c4c4c5ccccc5ccc43)cc21. The van der Waals surface area contributed by atoms with Crippen molar-refractivity contribution < 1.29 is 0 Å². The molecule has 0 saturated heterocycles. The Hall–Kier alpha value is -7.42. The number of hydrogen-bond donors (Lipinski definition) is 0. The van der Waals surface area contributed by atoms with Crippen molar-refractivity contribution in [2.75, 3.05) is 4.90 Å². The van der Waals surface area contributed by atoms with Crippen LogP contribution < -0.4 is 4.90 Å². The molecule has 59 heavy (non-hydrogen) atoms. The zero-order valence-corrected chi connectivity index (χ0v) is 33.0. The van der Waals surface area contributed by atoms with Crippen LogP contribution in [-0.4, -0.2) is 4.57 Å². The first-order chi connectivity index (χ1) is 29.0. The second-order valence-electron chi connectivity index (χ2n) is 16.6. The first-order valence-corrected chi connectivity index (χ1v) is 20.6. The quantitative estimate of drug-likeness (QED) is 0.170. The van der Waals surface area contributed by atoms with Crippen LogP contribution in [0.2, 0.25) is 0 Å². The van der Waals surface area contributed by atoms with E-state index in [4.69, 9.17) is 0 Å². The third-order valence-electron chi connectivity index (χ3n) is 12.9. The molecule has 0 unspecified atom stereocenters. The maximum absolute atomic E-state index is 2.49. The molecule has 0 amide bonds. The third kappa shape index (κ3) is 5.13. The highest BCUT2D eigenvalue weighted by atomic mass is 15.1. The molecular weight excluding hydrogens is 713 g/mol. The fraction of sp³-hybridized carbons (Fsp3) is 0.0526. The van der Waals surface area contributed by atoms with Crippen LogP contribution in [-0.2, 0) is 5.41 Å². The maximum atomic E-state index is 2.49. The summed E-state index contributed by atoms with van der Waals surface area (Å²) in [6.07, 6.45) is 0. The van der Waals surface area contributed by atoms with E-state index in [0.717, 1.165) is 17.1 Å². The highest BCUT2D eigenvalue weighted by Crippen LogP contribution is 2.52.